The summed E-state index contributed by atoms with van der Waals surface area (Å²) in [5.41, 5.74) is 0.749. The van der Waals surface area contributed by atoms with Crippen molar-refractivity contribution in [3.63, 3.8) is 0 Å². The summed E-state index contributed by atoms with van der Waals surface area (Å²) >= 11 is 0. The van der Waals surface area contributed by atoms with Crippen LogP contribution in [0.2, 0.25) is 0 Å². The van der Waals surface area contributed by atoms with Crippen LogP contribution in [0.3, 0.4) is 0 Å². The van der Waals surface area contributed by atoms with E-state index in [0.717, 1.165) is 6.42 Å². The van der Waals surface area contributed by atoms with Crippen molar-refractivity contribution in [2.45, 2.75) is 37.9 Å². The highest BCUT2D eigenvalue weighted by atomic mass is 32.2. The van der Waals surface area contributed by atoms with Crippen LogP contribution in [-0.2, 0) is 15.8 Å². The number of carboxylic acid groups (broad SMARTS) is 1. The van der Waals surface area contributed by atoms with Crippen molar-refractivity contribution in [3.05, 3.63) is 35.4 Å². The number of rotatable bonds is 7. The lowest BCUT2D eigenvalue weighted by molar-refractivity contribution is 0.0697. The molecule has 0 amide bonds. The summed E-state index contributed by atoms with van der Waals surface area (Å²) in [6.07, 6.45) is 5.83. The van der Waals surface area contributed by atoms with Crippen molar-refractivity contribution in [2.24, 2.45) is 5.92 Å². The Morgan fingerprint density at radius 3 is 2.38 bits per heavy atom. The van der Waals surface area contributed by atoms with Crippen LogP contribution in [0.25, 0.3) is 0 Å². The highest BCUT2D eigenvalue weighted by molar-refractivity contribution is 7.88. The Kier molecular flexibility index (Phi) is 5.36. The average Bonchev–Trinajstić information content (AvgIpc) is 2.91. The molecule has 0 radical (unpaired) electrons. The van der Waals surface area contributed by atoms with Crippen LogP contribution < -0.4 is 4.72 Å². The van der Waals surface area contributed by atoms with Crippen LogP contribution in [0.4, 0.5) is 0 Å². The molecule has 0 heterocycles. The van der Waals surface area contributed by atoms with Gasteiger partial charge in [0.1, 0.15) is 0 Å². The zero-order chi connectivity index (χ0) is 15.3. The molecule has 1 aliphatic rings. The van der Waals surface area contributed by atoms with E-state index in [0.29, 0.717) is 18.0 Å². The van der Waals surface area contributed by atoms with Gasteiger partial charge in [0.15, 0.2) is 0 Å². The summed E-state index contributed by atoms with van der Waals surface area (Å²) in [5.74, 6) is -0.473. The first kappa shape index (κ1) is 16.0. The van der Waals surface area contributed by atoms with Crippen LogP contribution in [0.15, 0.2) is 24.3 Å². The predicted molar refractivity (Wildman–Crippen MR) is 80.6 cm³/mol. The van der Waals surface area contributed by atoms with Crippen molar-refractivity contribution in [2.75, 3.05) is 6.54 Å². The lowest BCUT2D eigenvalue weighted by atomic mass is 10.1. The predicted octanol–water partition coefficient (Wildman–Crippen LogP) is 2.38. The summed E-state index contributed by atoms with van der Waals surface area (Å²) < 4.78 is 26.6. The molecular formula is C15H21NO4S. The first-order valence-electron chi connectivity index (χ1n) is 7.26. The fraction of sp³-hybridized carbons (Fsp3) is 0.533. The van der Waals surface area contributed by atoms with Gasteiger partial charge >= 0.3 is 5.97 Å². The topological polar surface area (TPSA) is 83.5 Å². The molecule has 1 aliphatic carbocycles. The van der Waals surface area contributed by atoms with Crippen LogP contribution in [0, 0.1) is 5.92 Å². The molecule has 6 heteroatoms. The fourth-order valence-corrected chi connectivity index (χ4v) is 3.89. The minimum Gasteiger partial charge on any atom is -0.478 e. The number of nitrogens with one attached hydrogen (secondary N) is 1. The molecule has 2 N–H and O–H groups in total. The average molecular weight is 311 g/mol. The van der Waals surface area contributed by atoms with Gasteiger partial charge in [0.2, 0.25) is 10.0 Å². The molecule has 116 valence electrons. The van der Waals surface area contributed by atoms with Crippen LogP contribution >= 0.6 is 0 Å². The zero-order valence-corrected chi connectivity index (χ0v) is 12.7. The molecule has 0 saturated heterocycles. The SMILES string of the molecule is O=C(O)c1ccc(CS(=O)(=O)NCCC2CCCC2)cc1. The van der Waals surface area contributed by atoms with Gasteiger partial charge < -0.3 is 5.11 Å². The van der Waals surface area contributed by atoms with E-state index in [1.54, 1.807) is 12.1 Å². The van der Waals surface area contributed by atoms with Gasteiger partial charge in [0, 0.05) is 6.54 Å². The smallest absolute Gasteiger partial charge is 0.335 e. The van der Waals surface area contributed by atoms with Gasteiger partial charge in [0.05, 0.1) is 11.3 Å². The minimum atomic E-state index is -3.36. The number of benzene rings is 1. The zero-order valence-electron chi connectivity index (χ0n) is 11.9. The molecule has 21 heavy (non-hydrogen) atoms. The third-order valence-corrected chi connectivity index (χ3v) is 5.26. The second-order valence-corrected chi connectivity index (χ2v) is 7.40. The first-order valence-corrected chi connectivity index (χ1v) is 8.91. The maximum atomic E-state index is 12.0. The highest BCUT2D eigenvalue weighted by Crippen LogP contribution is 2.26. The third kappa shape index (κ3) is 5.13. The van der Waals surface area contributed by atoms with Crippen molar-refractivity contribution >= 4 is 16.0 Å². The summed E-state index contributed by atoms with van der Waals surface area (Å²) in [7, 11) is -3.36. The number of hydrogen-bond donors (Lipinski definition) is 2. The number of hydrogen-bond acceptors (Lipinski definition) is 3. The molecule has 0 atom stereocenters. The fourth-order valence-electron chi connectivity index (χ4n) is 2.73. The van der Waals surface area contributed by atoms with Crippen molar-refractivity contribution in [1.82, 2.24) is 4.72 Å². The van der Waals surface area contributed by atoms with Crippen molar-refractivity contribution in [1.29, 1.82) is 0 Å². The van der Waals surface area contributed by atoms with E-state index in [4.69, 9.17) is 5.11 Å². The third-order valence-electron chi connectivity index (χ3n) is 3.91. The number of carbonyl (C=O) groups is 1. The normalized spacial score (nSPS) is 16.2. The van der Waals surface area contributed by atoms with Gasteiger partial charge in [-0.25, -0.2) is 17.9 Å². The molecule has 0 unspecified atom stereocenters. The van der Waals surface area contributed by atoms with Crippen molar-refractivity contribution in [3.8, 4) is 0 Å². The lowest BCUT2D eigenvalue weighted by Crippen LogP contribution is -2.27. The van der Waals surface area contributed by atoms with Gasteiger partial charge in [0.25, 0.3) is 0 Å². The maximum absolute atomic E-state index is 12.0. The Hall–Kier alpha value is -1.40. The van der Waals surface area contributed by atoms with Crippen LogP contribution in [-0.4, -0.2) is 26.0 Å². The minimum absolute atomic E-state index is 0.114. The second-order valence-electron chi connectivity index (χ2n) is 5.59. The van der Waals surface area contributed by atoms with Gasteiger partial charge in [-0.2, -0.15) is 0 Å². The Balaban J connectivity index is 1.83. The lowest BCUT2D eigenvalue weighted by Gasteiger charge is -2.10. The van der Waals surface area contributed by atoms with Crippen LogP contribution in [0.5, 0.6) is 0 Å². The van der Waals surface area contributed by atoms with E-state index in [9.17, 15) is 13.2 Å². The van der Waals surface area contributed by atoms with Gasteiger partial charge in [-0.1, -0.05) is 37.8 Å². The number of aromatic carboxylic acids is 1. The standard InChI is InChI=1S/C15H21NO4S/c17-15(18)14-7-5-13(6-8-14)11-21(19,20)16-10-9-12-3-1-2-4-12/h5-8,12,16H,1-4,9-11H2,(H,17,18). The Morgan fingerprint density at radius 1 is 1.19 bits per heavy atom. The molecule has 0 aliphatic heterocycles. The molecule has 0 spiro atoms. The van der Waals surface area contributed by atoms with E-state index in [-0.39, 0.29) is 11.3 Å². The van der Waals surface area contributed by atoms with E-state index in [2.05, 4.69) is 4.72 Å². The highest BCUT2D eigenvalue weighted by Gasteiger charge is 2.16. The maximum Gasteiger partial charge on any atom is 0.335 e. The first-order chi connectivity index (χ1) is 9.96. The van der Waals surface area contributed by atoms with Gasteiger partial charge in [-0.05, 0) is 30.0 Å². The summed E-state index contributed by atoms with van der Waals surface area (Å²) in [6.45, 7) is 0.486. The molecule has 1 fully saturated rings. The van der Waals surface area contributed by atoms with E-state index < -0.39 is 16.0 Å². The Bertz CT molecular complexity index is 574. The molecule has 5 nitrogen and oxygen atoms in total. The summed E-state index contributed by atoms with van der Waals surface area (Å²) in [5, 5.41) is 8.80. The number of carboxylic acids is 1. The van der Waals surface area contributed by atoms with Gasteiger partial charge in [-0.15, -0.1) is 0 Å². The summed E-state index contributed by atoms with van der Waals surface area (Å²) in [4.78, 5) is 10.7. The summed E-state index contributed by atoms with van der Waals surface area (Å²) in [6, 6.07) is 5.93. The molecule has 1 aromatic carbocycles. The molecular weight excluding hydrogens is 290 g/mol. The van der Waals surface area contributed by atoms with E-state index >= 15 is 0 Å². The Labute approximate surface area is 125 Å². The molecule has 0 aromatic heterocycles. The largest absolute Gasteiger partial charge is 0.478 e. The monoisotopic (exact) mass is 311 g/mol. The molecule has 2 rings (SSSR count). The quantitative estimate of drug-likeness (QED) is 0.810. The molecule has 0 bridgehead atoms. The Morgan fingerprint density at radius 2 is 1.81 bits per heavy atom. The second kappa shape index (κ2) is 7.04. The van der Waals surface area contributed by atoms with E-state index in [1.807, 2.05) is 0 Å². The van der Waals surface area contributed by atoms with Gasteiger partial charge in [-0.3, -0.25) is 0 Å². The van der Waals surface area contributed by atoms with E-state index in [1.165, 1.54) is 37.8 Å². The van der Waals surface area contributed by atoms with Crippen molar-refractivity contribution < 1.29 is 18.3 Å². The number of sulfonamides is 1. The van der Waals surface area contributed by atoms with Crippen LogP contribution in [0.1, 0.15) is 48.0 Å². The molecule has 1 aromatic rings. The molecule has 1 saturated carbocycles.